The largest absolute Gasteiger partial charge is 0.508 e. The van der Waals surface area contributed by atoms with E-state index < -0.39 is 23.4 Å². The molecule has 2 amide bonds. The molecule has 0 saturated carbocycles. The second-order valence-electron chi connectivity index (χ2n) is 4.96. The van der Waals surface area contributed by atoms with Crippen LogP contribution in [0, 0.1) is 0 Å². The molecule has 0 spiro atoms. The molecule has 0 aliphatic rings. The topological polar surface area (TPSA) is 118 Å². The van der Waals surface area contributed by atoms with Crippen molar-refractivity contribution in [1.29, 1.82) is 0 Å². The Morgan fingerprint density at radius 3 is 2.32 bits per heavy atom. The predicted molar refractivity (Wildman–Crippen MR) is 71.2 cm³/mol. The van der Waals surface area contributed by atoms with Crippen molar-refractivity contribution < 1.29 is 14.7 Å². The third-order valence-corrected chi connectivity index (χ3v) is 2.78. The average molecular weight is 265 g/mol. The molecule has 1 unspecified atom stereocenters. The first kappa shape index (κ1) is 15.0. The molecule has 0 saturated heterocycles. The number of phenols is 1. The number of aromatic hydroxyl groups is 1. The Morgan fingerprint density at radius 2 is 1.84 bits per heavy atom. The van der Waals surface area contributed by atoms with Gasteiger partial charge in [0.1, 0.15) is 11.3 Å². The molecule has 0 aromatic heterocycles. The fourth-order valence-corrected chi connectivity index (χ4v) is 1.44. The summed E-state index contributed by atoms with van der Waals surface area (Å²) in [5.41, 5.74) is 10.6. The highest BCUT2D eigenvalue weighted by Crippen LogP contribution is 2.11. The summed E-state index contributed by atoms with van der Waals surface area (Å²) in [6, 6.07) is 5.62. The lowest BCUT2D eigenvalue weighted by molar-refractivity contribution is -0.131. The fraction of sp³-hybridized carbons (Fsp3) is 0.385. The van der Waals surface area contributed by atoms with Gasteiger partial charge in [0.2, 0.25) is 11.8 Å². The molecule has 1 aromatic carbocycles. The van der Waals surface area contributed by atoms with E-state index in [9.17, 15) is 9.59 Å². The summed E-state index contributed by atoms with van der Waals surface area (Å²) in [4.78, 5) is 23.0. The van der Waals surface area contributed by atoms with E-state index in [1.807, 2.05) is 0 Å². The maximum Gasteiger partial charge on any atom is 0.242 e. The smallest absolute Gasteiger partial charge is 0.242 e. The Hall–Kier alpha value is -2.08. The Kier molecular flexibility index (Phi) is 4.50. The summed E-state index contributed by atoms with van der Waals surface area (Å²) in [7, 11) is 0. The van der Waals surface area contributed by atoms with Crippen molar-refractivity contribution in [2.75, 3.05) is 0 Å². The van der Waals surface area contributed by atoms with Crippen LogP contribution in [0.1, 0.15) is 19.4 Å². The predicted octanol–water partition coefficient (Wildman–Crippen LogP) is -0.358. The molecule has 1 atom stereocenters. The molecule has 6 heteroatoms. The van der Waals surface area contributed by atoms with Crippen LogP contribution in [0.4, 0.5) is 0 Å². The summed E-state index contributed by atoms with van der Waals surface area (Å²) in [6.07, 6.45) is 0.307. The van der Waals surface area contributed by atoms with Gasteiger partial charge in [0, 0.05) is 0 Å². The number of nitrogens with two attached hydrogens (primary N) is 2. The first-order valence-corrected chi connectivity index (χ1v) is 5.88. The van der Waals surface area contributed by atoms with Crippen molar-refractivity contribution in [3.8, 4) is 5.75 Å². The molecule has 0 heterocycles. The van der Waals surface area contributed by atoms with Crippen LogP contribution in [0.15, 0.2) is 24.3 Å². The third-order valence-electron chi connectivity index (χ3n) is 2.78. The fourth-order valence-electron chi connectivity index (χ4n) is 1.44. The van der Waals surface area contributed by atoms with Gasteiger partial charge in [-0.1, -0.05) is 12.1 Å². The van der Waals surface area contributed by atoms with Gasteiger partial charge in [-0.2, -0.15) is 0 Å². The van der Waals surface area contributed by atoms with E-state index in [0.717, 1.165) is 5.56 Å². The van der Waals surface area contributed by atoms with E-state index in [0.29, 0.717) is 6.42 Å². The molecule has 1 aromatic rings. The maximum atomic E-state index is 11.8. The van der Waals surface area contributed by atoms with Crippen molar-refractivity contribution in [2.24, 2.45) is 11.5 Å². The SMILES string of the molecule is CC(C)(NC(=O)C(N)Cc1ccc(O)cc1)C(N)=O. The number of rotatable bonds is 5. The van der Waals surface area contributed by atoms with Crippen molar-refractivity contribution in [2.45, 2.75) is 31.8 Å². The molecule has 0 fully saturated rings. The van der Waals surface area contributed by atoms with Gasteiger partial charge in [-0.25, -0.2) is 0 Å². The molecule has 0 aliphatic carbocycles. The Bertz CT molecular complexity index is 469. The number of phenolic OH excluding ortho intramolecular Hbond substituents is 1. The van der Waals surface area contributed by atoms with Gasteiger partial charge < -0.3 is 21.9 Å². The van der Waals surface area contributed by atoms with Gasteiger partial charge in [-0.05, 0) is 38.0 Å². The van der Waals surface area contributed by atoms with Crippen LogP contribution < -0.4 is 16.8 Å². The lowest BCUT2D eigenvalue weighted by Crippen LogP contribution is -2.57. The van der Waals surface area contributed by atoms with Crippen molar-refractivity contribution in [3.63, 3.8) is 0 Å². The second kappa shape index (κ2) is 5.71. The summed E-state index contributed by atoms with van der Waals surface area (Å²) in [5, 5.41) is 11.7. The lowest BCUT2D eigenvalue weighted by atomic mass is 10.0. The van der Waals surface area contributed by atoms with E-state index >= 15 is 0 Å². The molecule has 104 valence electrons. The van der Waals surface area contributed by atoms with Gasteiger partial charge in [0.25, 0.3) is 0 Å². The van der Waals surface area contributed by atoms with Gasteiger partial charge >= 0.3 is 0 Å². The zero-order valence-electron chi connectivity index (χ0n) is 11.0. The van der Waals surface area contributed by atoms with Crippen molar-refractivity contribution in [1.82, 2.24) is 5.32 Å². The van der Waals surface area contributed by atoms with Crippen LogP contribution in [0.25, 0.3) is 0 Å². The minimum atomic E-state index is -1.14. The summed E-state index contributed by atoms with van der Waals surface area (Å²) >= 11 is 0. The first-order valence-electron chi connectivity index (χ1n) is 5.88. The third kappa shape index (κ3) is 4.26. The summed E-state index contributed by atoms with van der Waals surface area (Å²) in [6.45, 7) is 3.03. The number of carbonyl (C=O) groups excluding carboxylic acids is 2. The van der Waals surface area contributed by atoms with Crippen molar-refractivity contribution in [3.05, 3.63) is 29.8 Å². The quantitative estimate of drug-likeness (QED) is 0.581. The number of amides is 2. The molecule has 0 radical (unpaired) electrons. The number of hydrogen-bond acceptors (Lipinski definition) is 4. The number of hydrogen-bond donors (Lipinski definition) is 4. The van der Waals surface area contributed by atoms with Crippen molar-refractivity contribution >= 4 is 11.8 Å². The van der Waals surface area contributed by atoms with Crippen LogP contribution in [0.2, 0.25) is 0 Å². The summed E-state index contributed by atoms with van der Waals surface area (Å²) < 4.78 is 0. The maximum absolute atomic E-state index is 11.8. The van der Waals surface area contributed by atoms with E-state index in [1.165, 1.54) is 26.0 Å². The highest BCUT2D eigenvalue weighted by Gasteiger charge is 2.28. The van der Waals surface area contributed by atoms with Gasteiger partial charge in [-0.3, -0.25) is 9.59 Å². The van der Waals surface area contributed by atoms with Crippen LogP contribution in [0.5, 0.6) is 5.75 Å². The number of primary amides is 1. The van der Waals surface area contributed by atoms with Crippen LogP contribution in [-0.2, 0) is 16.0 Å². The minimum absolute atomic E-state index is 0.150. The highest BCUT2D eigenvalue weighted by molar-refractivity contribution is 5.91. The molecule has 6 nitrogen and oxygen atoms in total. The second-order valence-corrected chi connectivity index (χ2v) is 4.96. The lowest BCUT2D eigenvalue weighted by Gasteiger charge is -2.24. The Morgan fingerprint density at radius 1 is 1.32 bits per heavy atom. The van der Waals surface area contributed by atoms with E-state index in [1.54, 1.807) is 12.1 Å². The van der Waals surface area contributed by atoms with Gasteiger partial charge in [-0.15, -0.1) is 0 Å². The highest BCUT2D eigenvalue weighted by atomic mass is 16.3. The normalized spacial score (nSPS) is 12.8. The molecule has 0 aliphatic heterocycles. The van der Waals surface area contributed by atoms with E-state index in [4.69, 9.17) is 16.6 Å². The van der Waals surface area contributed by atoms with E-state index in [2.05, 4.69) is 5.32 Å². The zero-order valence-corrected chi connectivity index (χ0v) is 11.0. The molecule has 1 rings (SSSR count). The molecular formula is C13H19N3O3. The van der Waals surface area contributed by atoms with Gasteiger partial charge in [0.05, 0.1) is 6.04 Å². The van der Waals surface area contributed by atoms with Crippen LogP contribution >= 0.6 is 0 Å². The van der Waals surface area contributed by atoms with Gasteiger partial charge in [0.15, 0.2) is 0 Å². The monoisotopic (exact) mass is 265 g/mol. The van der Waals surface area contributed by atoms with Crippen LogP contribution in [0.3, 0.4) is 0 Å². The minimum Gasteiger partial charge on any atom is -0.508 e. The van der Waals surface area contributed by atoms with Crippen LogP contribution in [-0.4, -0.2) is 28.5 Å². The molecule has 0 bridgehead atoms. The summed E-state index contributed by atoms with van der Waals surface area (Å²) in [5.74, 6) is -0.925. The number of nitrogens with one attached hydrogen (secondary N) is 1. The number of benzene rings is 1. The Labute approximate surface area is 111 Å². The zero-order chi connectivity index (χ0) is 14.6. The number of carbonyl (C=O) groups is 2. The average Bonchev–Trinajstić information content (AvgIpc) is 2.31. The molecule has 6 N–H and O–H groups in total. The standard InChI is InChI=1S/C13H19N3O3/c1-13(2,12(15)19)16-11(18)10(14)7-8-3-5-9(17)6-4-8/h3-6,10,17H,7,14H2,1-2H3,(H2,15,19)(H,16,18). The molecule has 19 heavy (non-hydrogen) atoms. The molecular weight excluding hydrogens is 246 g/mol. The van der Waals surface area contributed by atoms with E-state index in [-0.39, 0.29) is 5.75 Å². The Balaban J connectivity index is 2.63. The first-order chi connectivity index (χ1) is 8.72.